The minimum Gasteiger partial charge on any atom is -0.453 e. The van der Waals surface area contributed by atoms with Crippen molar-refractivity contribution in [2.75, 3.05) is 6.54 Å². The standard InChI is InChI=1S/C13H13NO3/c1-2-7-14-8-10-12(15)9-5-3-4-6-11(9)17-13(10)16/h2-6,8-9,11,14H,1,7H2/b10-8+. The molecule has 4 heteroatoms. The number of rotatable bonds is 3. The van der Waals surface area contributed by atoms with Crippen LogP contribution in [0.3, 0.4) is 0 Å². The zero-order valence-corrected chi connectivity index (χ0v) is 9.26. The predicted molar refractivity (Wildman–Crippen MR) is 62.9 cm³/mol. The van der Waals surface area contributed by atoms with E-state index in [9.17, 15) is 9.59 Å². The van der Waals surface area contributed by atoms with Gasteiger partial charge in [0, 0.05) is 12.7 Å². The molecule has 1 fully saturated rings. The molecule has 2 aliphatic rings. The Balaban J connectivity index is 2.18. The molecule has 2 rings (SSSR count). The molecule has 1 N–H and O–H groups in total. The smallest absolute Gasteiger partial charge is 0.343 e. The fraction of sp³-hybridized carbons (Fsp3) is 0.231. The van der Waals surface area contributed by atoms with Crippen molar-refractivity contribution in [3.05, 3.63) is 48.7 Å². The topological polar surface area (TPSA) is 55.4 Å². The third kappa shape index (κ3) is 2.20. The monoisotopic (exact) mass is 231 g/mol. The maximum absolute atomic E-state index is 12.0. The summed E-state index contributed by atoms with van der Waals surface area (Å²) in [5.74, 6) is -1.18. The molecule has 0 spiro atoms. The number of ether oxygens (including phenoxy) is 1. The summed E-state index contributed by atoms with van der Waals surface area (Å²) in [7, 11) is 0. The van der Waals surface area contributed by atoms with Gasteiger partial charge in [-0.05, 0) is 6.08 Å². The Labute approximate surface area is 99.3 Å². The summed E-state index contributed by atoms with van der Waals surface area (Å²) in [6.07, 6.45) is 9.60. The molecule has 1 aliphatic heterocycles. The van der Waals surface area contributed by atoms with E-state index in [1.807, 2.05) is 0 Å². The fourth-order valence-electron chi connectivity index (χ4n) is 1.78. The van der Waals surface area contributed by atoms with Gasteiger partial charge in [0.15, 0.2) is 5.78 Å². The van der Waals surface area contributed by atoms with Crippen molar-refractivity contribution >= 4 is 11.8 Å². The van der Waals surface area contributed by atoms with Crippen LogP contribution in [0, 0.1) is 5.92 Å². The number of fused-ring (bicyclic) bond motifs is 1. The van der Waals surface area contributed by atoms with Crippen LogP contribution in [0.25, 0.3) is 0 Å². The first-order chi connectivity index (χ1) is 8.24. The molecule has 0 aromatic rings. The largest absolute Gasteiger partial charge is 0.453 e. The van der Waals surface area contributed by atoms with Crippen LogP contribution >= 0.6 is 0 Å². The molecule has 2 atom stereocenters. The van der Waals surface area contributed by atoms with E-state index >= 15 is 0 Å². The molecule has 1 heterocycles. The SMILES string of the molecule is C=CCN/C=C1/C(=O)OC2C=CC=CC2C1=O. The number of Topliss-reactive ketones (excluding diaryl/α,β-unsaturated/α-hetero) is 1. The normalized spacial score (nSPS) is 28.8. The van der Waals surface area contributed by atoms with E-state index in [0.29, 0.717) is 6.54 Å². The summed E-state index contributed by atoms with van der Waals surface area (Å²) < 4.78 is 5.17. The Bertz CT molecular complexity index is 446. The van der Waals surface area contributed by atoms with Crippen molar-refractivity contribution < 1.29 is 14.3 Å². The van der Waals surface area contributed by atoms with E-state index < -0.39 is 18.0 Å². The van der Waals surface area contributed by atoms with Crippen LogP contribution in [0.5, 0.6) is 0 Å². The Morgan fingerprint density at radius 3 is 2.88 bits per heavy atom. The van der Waals surface area contributed by atoms with E-state index in [4.69, 9.17) is 4.74 Å². The second-order valence-electron chi connectivity index (χ2n) is 3.78. The molecule has 0 aromatic heterocycles. The van der Waals surface area contributed by atoms with Crippen molar-refractivity contribution in [2.45, 2.75) is 6.10 Å². The first kappa shape index (κ1) is 11.4. The predicted octanol–water partition coefficient (Wildman–Crippen LogP) is 0.883. The summed E-state index contributed by atoms with van der Waals surface area (Å²) in [4.78, 5) is 23.7. The van der Waals surface area contributed by atoms with Gasteiger partial charge in [-0.3, -0.25) is 4.79 Å². The molecule has 88 valence electrons. The Kier molecular flexibility index (Phi) is 3.23. The number of hydrogen-bond acceptors (Lipinski definition) is 4. The number of esters is 1. The van der Waals surface area contributed by atoms with Crippen molar-refractivity contribution in [2.24, 2.45) is 5.92 Å². The summed E-state index contributed by atoms with van der Waals surface area (Å²) in [5.41, 5.74) is 0.0630. The van der Waals surface area contributed by atoms with E-state index in [1.165, 1.54) is 6.20 Å². The highest BCUT2D eigenvalue weighted by Gasteiger charge is 2.39. The molecular weight excluding hydrogens is 218 g/mol. The Morgan fingerprint density at radius 2 is 2.12 bits per heavy atom. The second-order valence-corrected chi connectivity index (χ2v) is 3.78. The molecule has 17 heavy (non-hydrogen) atoms. The van der Waals surface area contributed by atoms with E-state index in [-0.39, 0.29) is 11.4 Å². The van der Waals surface area contributed by atoms with E-state index in [2.05, 4.69) is 11.9 Å². The molecular formula is C13H13NO3. The lowest BCUT2D eigenvalue weighted by Crippen LogP contribution is -2.40. The van der Waals surface area contributed by atoms with Gasteiger partial charge in [-0.1, -0.05) is 24.3 Å². The molecule has 2 unspecified atom stereocenters. The molecule has 4 nitrogen and oxygen atoms in total. The number of allylic oxidation sites excluding steroid dienone is 2. The highest BCUT2D eigenvalue weighted by Crippen LogP contribution is 2.26. The van der Waals surface area contributed by atoms with Gasteiger partial charge in [0.2, 0.25) is 0 Å². The number of carbonyl (C=O) groups is 2. The molecule has 1 saturated heterocycles. The van der Waals surface area contributed by atoms with Crippen LogP contribution in [0.4, 0.5) is 0 Å². The average Bonchev–Trinajstić information content (AvgIpc) is 2.33. The third-order valence-electron chi connectivity index (χ3n) is 2.62. The quantitative estimate of drug-likeness (QED) is 0.257. The lowest BCUT2D eigenvalue weighted by molar-refractivity contribution is -0.151. The molecule has 0 radical (unpaired) electrons. The summed E-state index contributed by atoms with van der Waals surface area (Å²) in [5, 5.41) is 2.82. The van der Waals surface area contributed by atoms with Gasteiger partial charge >= 0.3 is 5.97 Å². The molecule has 0 bridgehead atoms. The molecule has 1 aliphatic carbocycles. The highest BCUT2D eigenvalue weighted by atomic mass is 16.5. The summed E-state index contributed by atoms with van der Waals surface area (Å²) >= 11 is 0. The van der Waals surface area contributed by atoms with Gasteiger partial charge in [0.25, 0.3) is 0 Å². The Hall–Kier alpha value is -2.10. The summed E-state index contributed by atoms with van der Waals surface area (Å²) in [6.45, 7) is 4.03. The first-order valence-corrected chi connectivity index (χ1v) is 5.38. The van der Waals surface area contributed by atoms with Gasteiger partial charge in [-0.15, -0.1) is 6.58 Å². The van der Waals surface area contributed by atoms with Crippen LogP contribution in [0.15, 0.2) is 48.7 Å². The van der Waals surface area contributed by atoms with E-state index in [1.54, 1.807) is 30.4 Å². The number of nitrogens with one attached hydrogen (secondary N) is 1. The van der Waals surface area contributed by atoms with Gasteiger partial charge in [0.1, 0.15) is 11.7 Å². The van der Waals surface area contributed by atoms with Gasteiger partial charge in [-0.2, -0.15) is 0 Å². The zero-order chi connectivity index (χ0) is 12.3. The minimum atomic E-state index is -0.576. The minimum absolute atomic E-state index is 0.0630. The van der Waals surface area contributed by atoms with Crippen LogP contribution in [-0.4, -0.2) is 24.4 Å². The number of hydrogen-bond donors (Lipinski definition) is 1. The highest BCUT2D eigenvalue weighted by molar-refractivity contribution is 6.20. The van der Waals surface area contributed by atoms with Crippen molar-refractivity contribution in [1.29, 1.82) is 0 Å². The van der Waals surface area contributed by atoms with Gasteiger partial charge in [0.05, 0.1) is 5.92 Å². The van der Waals surface area contributed by atoms with Gasteiger partial charge in [-0.25, -0.2) is 4.79 Å². The van der Waals surface area contributed by atoms with Gasteiger partial charge < -0.3 is 10.1 Å². The zero-order valence-electron chi connectivity index (χ0n) is 9.26. The van der Waals surface area contributed by atoms with Crippen LogP contribution < -0.4 is 5.32 Å². The number of ketones is 1. The molecule has 0 amide bonds. The lowest BCUT2D eigenvalue weighted by Gasteiger charge is -2.28. The van der Waals surface area contributed by atoms with Crippen LogP contribution in [0.1, 0.15) is 0 Å². The molecule has 0 aromatic carbocycles. The maximum atomic E-state index is 12.0. The Morgan fingerprint density at radius 1 is 1.35 bits per heavy atom. The van der Waals surface area contributed by atoms with Crippen molar-refractivity contribution in [1.82, 2.24) is 5.32 Å². The lowest BCUT2D eigenvalue weighted by atomic mass is 9.87. The third-order valence-corrected chi connectivity index (χ3v) is 2.62. The van der Waals surface area contributed by atoms with Crippen LogP contribution in [0.2, 0.25) is 0 Å². The first-order valence-electron chi connectivity index (χ1n) is 5.38. The van der Waals surface area contributed by atoms with E-state index in [0.717, 1.165) is 0 Å². The summed E-state index contributed by atoms with van der Waals surface area (Å²) in [6, 6.07) is 0. The fourth-order valence-corrected chi connectivity index (χ4v) is 1.78. The van der Waals surface area contributed by atoms with Crippen molar-refractivity contribution in [3.8, 4) is 0 Å². The van der Waals surface area contributed by atoms with Crippen molar-refractivity contribution in [3.63, 3.8) is 0 Å². The average molecular weight is 231 g/mol. The number of carbonyl (C=O) groups excluding carboxylic acids is 2. The maximum Gasteiger partial charge on any atom is 0.343 e. The van der Waals surface area contributed by atoms with Crippen LogP contribution in [-0.2, 0) is 14.3 Å². The second kappa shape index (κ2) is 4.82. The molecule has 0 saturated carbocycles.